The summed E-state index contributed by atoms with van der Waals surface area (Å²) in [5.41, 5.74) is 8.66. The van der Waals surface area contributed by atoms with Gasteiger partial charge in [0, 0.05) is 42.1 Å². The van der Waals surface area contributed by atoms with Crippen LogP contribution in [0.25, 0.3) is 0 Å². The van der Waals surface area contributed by atoms with Gasteiger partial charge < -0.3 is 15.6 Å². The normalized spacial score (nSPS) is 19.6. The van der Waals surface area contributed by atoms with Gasteiger partial charge in [-0.25, -0.2) is 9.97 Å². The number of nitrogens with two attached hydrogens (primary N) is 1. The van der Waals surface area contributed by atoms with Crippen molar-refractivity contribution in [3.8, 4) is 0 Å². The second kappa shape index (κ2) is 8.09. The van der Waals surface area contributed by atoms with E-state index in [1.165, 1.54) is 11.8 Å². The van der Waals surface area contributed by atoms with E-state index >= 15 is 0 Å². The van der Waals surface area contributed by atoms with Crippen LogP contribution >= 0.6 is 35.0 Å². The molecule has 10 heteroatoms. The highest BCUT2D eigenvalue weighted by Crippen LogP contribution is 2.50. The summed E-state index contributed by atoms with van der Waals surface area (Å²) in [6.07, 6.45) is 7.74. The third kappa shape index (κ3) is 3.71. The molecule has 0 radical (unpaired) electrons. The van der Waals surface area contributed by atoms with Crippen LogP contribution < -0.4 is 16.2 Å². The van der Waals surface area contributed by atoms with Crippen LogP contribution in [0.1, 0.15) is 30.1 Å². The number of pyridine rings is 2. The minimum absolute atomic E-state index is 0.00705. The smallest absolute Gasteiger partial charge is 0.291 e. The number of piperidine rings is 1. The molecular weight excluding hydrogens is 455 g/mol. The van der Waals surface area contributed by atoms with E-state index in [1.54, 1.807) is 18.5 Å². The lowest BCUT2D eigenvalue weighted by molar-refractivity contribution is 0.186. The number of fused-ring (bicyclic) bond motifs is 1. The zero-order chi connectivity index (χ0) is 21.6. The number of hydrogen-bond donors (Lipinski definition) is 2. The first-order chi connectivity index (χ1) is 15.0. The lowest BCUT2D eigenvalue weighted by Crippen LogP contribution is -2.46. The largest absolute Gasteiger partial charge is 0.352 e. The molecule has 0 unspecified atom stereocenters. The van der Waals surface area contributed by atoms with E-state index in [0.717, 1.165) is 43.6 Å². The van der Waals surface area contributed by atoms with E-state index in [1.807, 2.05) is 17.2 Å². The zero-order valence-electron chi connectivity index (χ0n) is 16.5. The van der Waals surface area contributed by atoms with Crippen LogP contribution in [-0.2, 0) is 6.42 Å². The standard InChI is InChI=1S/C21H20Cl2N6OS/c22-16-14(3-7-26-18(16)23)31-15-11-27-19(20(30)28-15)29-8-4-21(5-9-29)10-13-12(17(21)24)2-1-6-25-13/h1-3,6-7,11,17H,4-5,8-10,24H2,(H,28,30)/t17-/m1/s1. The number of H-pyrrole nitrogens is 1. The lowest BCUT2D eigenvalue weighted by atomic mass is 9.73. The number of anilines is 1. The van der Waals surface area contributed by atoms with Crippen LogP contribution in [0.3, 0.4) is 0 Å². The van der Waals surface area contributed by atoms with Gasteiger partial charge in [-0.2, -0.15) is 0 Å². The average Bonchev–Trinajstić information content (AvgIpc) is 3.04. The molecule has 1 atom stereocenters. The Morgan fingerprint density at radius 3 is 2.71 bits per heavy atom. The first-order valence-corrected chi connectivity index (χ1v) is 11.6. The van der Waals surface area contributed by atoms with Crippen molar-refractivity contribution < 1.29 is 0 Å². The maximum absolute atomic E-state index is 12.8. The fourth-order valence-electron chi connectivity index (χ4n) is 4.56. The molecule has 3 aromatic rings. The Morgan fingerprint density at radius 2 is 1.97 bits per heavy atom. The summed E-state index contributed by atoms with van der Waals surface area (Å²) in [7, 11) is 0. The predicted octanol–water partition coefficient (Wildman–Crippen LogP) is 3.86. The zero-order valence-corrected chi connectivity index (χ0v) is 18.8. The second-order valence-electron chi connectivity index (χ2n) is 7.96. The Morgan fingerprint density at radius 1 is 1.16 bits per heavy atom. The second-order valence-corrected chi connectivity index (χ2v) is 9.78. The summed E-state index contributed by atoms with van der Waals surface area (Å²) in [6, 6.07) is 5.76. The molecule has 0 bridgehead atoms. The summed E-state index contributed by atoms with van der Waals surface area (Å²) < 4.78 is 0. The third-order valence-corrected chi connectivity index (χ3v) is 8.14. The Bertz CT molecular complexity index is 1190. The number of halogens is 2. The van der Waals surface area contributed by atoms with Crippen LogP contribution in [0.4, 0.5) is 5.82 Å². The summed E-state index contributed by atoms with van der Waals surface area (Å²) in [6.45, 7) is 1.46. The van der Waals surface area contributed by atoms with Crippen LogP contribution in [0, 0.1) is 5.41 Å². The monoisotopic (exact) mass is 474 g/mol. The van der Waals surface area contributed by atoms with E-state index in [2.05, 4.69) is 26.0 Å². The molecule has 0 aromatic carbocycles. The van der Waals surface area contributed by atoms with Crippen molar-refractivity contribution in [3.63, 3.8) is 0 Å². The number of aromatic nitrogens is 4. The van der Waals surface area contributed by atoms with Crippen LogP contribution in [-0.4, -0.2) is 33.0 Å². The summed E-state index contributed by atoms with van der Waals surface area (Å²) in [5, 5.41) is 1.16. The fraction of sp³-hybridized carbons (Fsp3) is 0.333. The van der Waals surface area contributed by atoms with Crippen molar-refractivity contribution in [2.24, 2.45) is 11.1 Å². The van der Waals surface area contributed by atoms with Crippen LogP contribution in [0.15, 0.2) is 51.5 Å². The van der Waals surface area contributed by atoms with E-state index in [0.29, 0.717) is 20.8 Å². The van der Waals surface area contributed by atoms with Crippen LogP contribution in [0.2, 0.25) is 10.2 Å². The molecule has 3 N–H and O–H groups in total. The molecule has 31 heavy (non-hydrogen) atoms. The highest BCUT2D eigenvalue weighted by atomic mass is 35.5. The van der Waals surface area contributed by atoms with Crippen LogP contribution in [0.5, 0.6) is 0 Å². The molecule has 2 aliphatic rings. The van der Waals surface area contributed by atoms with Crippen molar-refractivity contribution >= 4 is 40.8 Å². The maximum Gasteiger partial charge on any atom is 0.291 e. The van der Waals surface area contributed by atoms with Gasteiger partial charge in [0.25, 0.3) is 5.56 Å². The molecule has 0 saturated carbocycles. The van der Waals surface area contributed by atoms with E-state index in [9.17, 15) is 4.79 Å². The third-order valence-electron chi connectivity index (χ3n) is 6.27. The SMILES string of the molecule is N[C@@H]1c2cccnc2CC12CCN(c1ncc(Sc3ccnc(Cl)c3Cl)[nH]c1=O)CC2. The van der Waals surface area contributed by atoms with Gasteiger partial charge in [0.1, 0.15) is 5.15 Å². The van der Waals surface area contributed by atoms with E-state index < -0.39 is 0 Å². The summed E-state index contributed by atoms with van der Waals surface area (Å²) >= 11 is 13.4. The molecule has 1 saturated heterocycles. The first kappa shape index (κ1) is 20.8. The molecule has 1 fully saturated rings. The van der Waals surface area contributed by atoms with Gasteiger partial charge in [-0.05, 0) is 42.4 Å². The van der Waals surface area contributed by atoms with Gasteiger partial charge in [-0.15, -0.1) is 0 Å². The lowest BCUT2D eigenvalue weighted by Gasteiger charge is -2.42. The minimum Gasteiger partial charge on any atom is -0.352 e. The highest BCUT2D eigenvalue weighted by Gasteiger charge is 2.46. The maximum atomic E-state index is 12.8. The van der Waals surface area contributed by atoms with E-state index in [4.69, 9.17) is 28.9 Å². The number of rotatable bonds is 3. The van der Waals surface area contributed by atoms with Crippen molar-refractivity contribution in [2.75, 3.05) is 18.0 Å². The Hall–Kier alpha value is -2.13. The molecule has 160 valence electrons. The molecular formula is C21H20Cl2N6OS. The summed E-state index contributed by atoms with van der Waals surface area (Å²) in [4.78, 5) is 31.3. The predicted molar refractivity (Wildman–Crippen MR) is 122 cm³/mol. The highest BCUT2D eigenvalue weighted by molar-refractivity contribution is 7.99. The molecule has 1 aliphatic heterocycles. The molecule has 3 aromatic heterocycles. The Balaban J connectivity index is 1.30. The van der Waals surface area contributed by atoms with Gasteiger partial charge in [0.15, 0.2) is 5.82 Å². The quantitative estimate of drug-likeness (QED) is 0.555. The molecule has 1 aliphatic carbocycles. The van der Waals surface area contributed by atoms with Gasteiger partial charge in [0.05, 0.1) is 16.2 Å². The average molecular weight is 475 g/mol. The van der Waals surface area contributed by atoms with Crippen molar-refractivity contribution in [3.05, 3.63) is 68.6 Å². The molecule has 5 rings (SSSR count). The fourth-order valence-corrected chi connectivity index (χ4v) is 5.80. The summed E-state index contributed by atoms with van der Waals surface area (Å²) in [5.74, 6) is 0.431. The minimum atomic E-state index is -0.224. The van der Waals surface area contributed by atoms with Gasteiger partial charge >= 0.3 is 0 Å². The Kier molecular flexibility index (Phi) is 5.42. The van der Waals surface area contributed by atoms with Gasteiger partial charge in [0.2, 0.25) is 0 Å². The molecule has 4 heterocycles. The molecule has 0 amide bonds. The van der Waals surface area contributed by atoms with Gasteiger partial charge in [-0.3, -0.25) is 9.78 Å². The number of nitrogens with one attached hydrogen (secondary N) is 1. The number of nitrogens with zero attached hydrogens (tertiary/aromatic N) is 4. The number of hydrogen-bond acceptors (Lipinski definition) is 7. The van der Waals surface area contributed by atoms with Crippen molar-refractivity contribution in [2.45, 2.75) is 35.2 Å². The molecule has 7 nitrogen and oxygen atoms in total. The topological polar surface area (TPSA) is 101 Å². The van der Waals surface area contributed by atoms with E-state index in [-0.39, 0.29) is 22.2 Å². The van der Waals surface area contributed by atoms with Crippen molar-refractivity contribution in [1.82, 2.24) is 19.9 Å². The Labute approximate surface area is 193 Å². The van der Waals surface area contributed by atoms with Gasteiger partial charge in [-0.1, -0.05) is 41.0 Å². The molecule has 1 spiro atoms. The number of aromatic amines is 1. The van der Waals surface area contributed by atoms with Crippen molar-refractivity contribution in [1.29, 1.82) is 0 Å². The first-order valence-electron chi connectivity index (χ1n) is 9.98.